The third-order valence-corrected chi connectivity index (χ3v) is 5.39. The Balaban J connectivity index is 2.31. The number of aromatic amines is 1. The molecule has 0 atom stereocenters. The highest BCUT2D eigenvalue weighted by Crippen LogP contribution is 2.21. The Hall–Kier alpha value is -1.22. The van der Waals surface area contributed by atoms with Gasteiger partial charge in [0.25, 0.3) is 10.0 Å². The van der Waals surface area contributed by atoms with Crippen LogP contribution in [0.15, 0.2) is 21.9 Å². The summed E-state index contributed by atoms with van der Waals surface area (Å²) < 4.78 is 26.2. The van der Waals surface area contributed by atoms with Crippen molar-refractivity contribution in [2.24, 2.45) is 5.73 Å². The van der Waals surface area contributed by atoms with Crippen LogP contribution in [0.25, 0.3) is 0 Å². The molecule has 2 aromatic rings. The summed E-state index contributed by atoms with van der Waals surface area (Å²) in [5.74, 6) is 0. The average molecular weight is 300 g/mol. The van der Waals surface area contributed by atoms with Crippen molar-refractivity contribution in [3.63, 3.8) is 0 Å². The van der Waals surface area contributed by atoms with Crippen molar-refractivity contribution in [2.45, 2.75) is 25.0 Å². The quantitative estimate of drug-likeness (QED) is 0.863. The number of hydrogen-bond donors (Lipinski definition) is 2. The first-order chi connectivity index (χ1) is 8.96. The van der Waals surface area contributed by atoms with E-state index >= 15 is 0 Å². The number of nitrogens with zero attached hydrogens (tertiary/aromatic N) is 2. The standard InChI is InChI=1S/C11H16N4O2S2/c1-8-10(5-12)11(14-13-8)19(16,17)15(2)6-9-3-4-18-7-9/h3-4,7H,5-6,12H2,1-2H3,(H,13,14). The fourth-order valence-electron chi connectivity index (χ4n) is 1.76. The minimum absolute atomic E-state index is 0.0187. The van der Waals surface area contributed by atoms with E-state index in [0.717, 1.165) is 5.56 Å². The van der Waals surface area contributed by atoms with Crippen LogP contribution >= 0.6 is 11.3 Å². The van der Waals surface area contributed by atoms with Crippen molar-refractivity contribution in [3.8, 4) is 0 Å². The number of rotatable bonds is 5. The van der Waals surface area contributed by atoms with Crippen LogP contribution in [0.5, 0.6) is 0 Å². The molecule has 0 saturated carbocycles. The lowest BCUT2D eigenvalue weighted by Crippen LogP contribution is -2.27. The summed E-state index contributed by atoms with van der Waals surface area (Å²) in [6.07, 6.45) is 0. The zero-order valence-corrected chi connectivity index (χ0v) is 12.4. The SMILES string of the molecule is Cc1[nH]nc(S(=O)(=O)N(C)Cc2ccsc2)c1CN. The summed E-state index contributed by atoms with van der Waals surface area (Å²) in [7, 11) is -2.08. The van der Waals surface area contributed by atoms with Crippen molar-refractivity contribution < 1.29 is 8.42 Å². The van der Waals surface area contributed by atoms with Gasteiger partial charge >= 0.3 is 0 Å². The molecule has 0 aliphatic carbocycles. The zero-order valence-electron chi connectivity index (χ0n) is 10.8. The number of thiophene rings is 1. The Morgan fingerprint density at radius 2 is 2.26 bits per heavy atom. The molecule has 6 nitrogen and oxygen atoms in total. The summed E-state index contributed by atoms with van der Waals surface area (Å²) in [6, 6.07) is 1.90. The van der Waals surface area contributed by atoms with Crippen molar-refractivity contribution in [1.29, 1.82) is 0 Å². The maximum atomic E-state index is 12.4. The topological polar surface area (TPSA) is 92.1 Å². The van der Waals surface area contributed by atoms with Crippen LogP contribution in [-0.4, -0.2) is 30.0 Å². The number of aryl methyl sites for hydroxylation is 1. The maximum Gasteiger partial charge on any atom is 0.262 e. The lowest BCUT2D eigenvalue weighted by atomic mass is 10.3. The normalized spacial score (nSPS) is 12.2. The molecule has 104 valence electrons. The van der Waals surface area contributed by atoms with Gasteiger partial charge in [0.05, 0.1) is 0 Å². The van der Waals surface area contributed by atoms with Gasteiger partial charge in [-0.2, -0.15) is 20.7 Å². The maximum absolute atomic E-state index is 12.4. The van der Waals surface area contributed by atoms with Crippen LogP contribution in [0.2, 0.25) is 0 Å². The van der Waals surface area contributed by atoms with Gasteiger partial charge in [0.15, 0.2) is 5.03 Å². The van der Waals surface area contributed by atoms with E-state index in [9.17, 15) is 8.42 Å². The number of hydrogen-bond acceptors (Lipinski definition) is 5. The van der Waals surface area contributed by atoms with Gasteiger partial charge in [0.2, 0.25) is 0 Å². The lowest BCUT2D eigenvalue weighted by Gasteiger charge is -2.15. The van der Waals surface area contributed by atoms with Crippen molar-refractivity contribution in [1.82, 2.24) is 14.5 Å². The van der Waals surface area contributed by atoms with Gasteiger partial charge in [-0.05, 0) is 29.3 Å². The Kier molecular flexibility index (Phi) is 4.04. The van der Waals surface area contributed by atoms with E-state index in [1.54, 1.807) is 6.92 Å². The third-order valence-electron chi connectivity index (χ3n) is 2.88. The van der Waals surface area contributed by atoms with E-state index in [-0.39, 0.29) is 11.6 Å². The van der Waals surface area contributed by atoms with Crippen LogP contribution in [0.1, 0.15) is 16.8 Å². The van der Waals surface area contributed by atoms with E-state index in [0.29, 0.717) is 17.8 Å². The molecule has 0 unspecified atom stereocenters. The van der Waals surface area contributed by atoms with E-state index in [2.05, 4.69) is 10.2 Å². The second-order valence-electron chi connectivity index (χ2n) is 4.23. The molecule has 8 heteroatoms. The third kappa shape index (κ3) is 2.71. The van der Waals surface area contributed by atoms with Crippen LogP contribution in [0.3, 0.4) is 0 Å². The molecule has 0 aliphatic heterocycles. The molecule has 2 heterocycles. The fourth-order valence-corrected chi connectivity index (χ4v) is 3.74. The summed E-state index contributed by atoms with van der Waals surface area (Å²) in [4.78, 5) is 0. The summed E-state index contributed by atoms with van der Waals surface area (Å²) in [5.41, 5.74) is 7.77. The molecule has 3 N–H and O–H groups in total. The molecule has 19 heavy (non-hydrogen) atoms. The second-order valence-corrected chi connectivity index (χ2v) is 6.97. The molecular weight excluding hydrogens is 284 g/mol. The fraction of sp³-hybridized carbons (Fsp3) is 0.364. The molecule has 0 saturated heterocycles. The largest absolute Gasteiger partial charge is 0.326 e. The minimum Gasteiger partial charge on any atom is -0.326 e. The first-order valence-corrected chi connectivity index (χ1v) is 8.06. The highest BCUT2D eigenvalue weighted by atomic mass is 32.2. The number of nitrogens with one attached hydrogen (secondary N) is 1. The van der Waals surface area contributed by atoms with Crippen molar-refractivity contribution in [3.05, 3.63) is 33.6 Å². The van der Waals surface area contributed by atoms with E-state index in [1.807, 2.05) is 16.8 Å². The zero-order chi connectivity index (χ0) is 14.0. The monoisotopic (exact) mass is 300 g/mol. The Morgan fingerprint density at radius 1 is 1.53 bits per heavy atom. The van der Waals surface area contributed by atoms with Gasteiger partial charge in [-0.25, -0.2) is 8.42 Å². The molecule has 0 fully saturated rings. The number of aromatic nitrogens is 2. The number of sulfonamides is 1. The van der Waals surface area contributed by atoms with Gasteiger partial charge in [0.1, 0.15) is 0 Å². The highest BCUT2D eigenvalue weighted by Gasteiger charge is 2.27. The molecule has 0 radical (unpaired) electrons. The molecule has 0 aromatic carbocycles. The Labute approximate surface area is 116 Å². The van der Waals surface area contributed by atoms with Gasteiger partial charge in [-0.3, -0.25) is 5.10 Å². The summed E-state index contributed by atoms with van der Waals surface area (Å²) in [5, 5.41) is 10.4. The smallest absolute Gasteiger partial charge is 0.262 e. The first kappa shape index (κ1) is 14.2. The van der Waals surface area contributed by atoms with Crippen LogP contribution < -0.4 is 5.73 Å². The molecule has 0 amide bonds. The van der Waals surface area contributed by atoms with Crippen LogP contribution in [0, 0.1) is 6.92 Å². The second kappa shape index (κ2) is 5.41. The van der Waals surface area contributed by atoms with Crippen LogP contribution in [0.4, 0.5) is 0 Å². The Morgan fingerprint density at radius 3 is 2.84 bits per heavy atom. The molecule has 2 rings (SSSR count). The summed E-state index contributed by atoms with van der Waals surface area (Å²) in [6.45, 7) is 2.22. The van der Waals surface area contributed by atoms with Gasteiger partial charge in [0, 0.05) is 31.4 Å². The van der Waals surface area contributed by atoms with Gasteiger partial charge < -0.3 is 5.73 Å². The number of H-pyrrole nitrogens is 1. The highest BCUT2D eigenvalue weighted by molar-refractivity contribution is 7.89. The molecule has 0 aliphatic rings. The van der Waals surface area contributed by atoms with E-state index < -0.39 is 10.0 Å². The number of nitrogens with two attached hydrogens (primary N) is 1. The Bertz CT molecular complexity index is 646. The van der Waals surface area contributed by atoms with Crippen molar-refractivity contribution in [2.75, 3.05) is 7.05 Å². The average Bonchev–Trinajstić information content (AvgIpc) is 2.98. The molecule has 0 bridgehead atoms. The van der Waals surface area contributed by atoms with Gasteiger partial charge in [-0.1, -0.05) is 0 Å². The first-order valence-electron chi connectivity index (χ1n) is 5.68. The predicted molar refractivity (Wildman–Crippen MR) is 74.2 cm³/mol. The minimum atomic E-state index is -3.62. The van der Waals surface area contributed by atoms with Gasteiger partial charge in [-0.15, -0.1) is 0 Å². The van der Waals surface area contributed by atoms with Crippen LogP contribution in [-0.2, 0) is 23.1 Å². The van der Waals surface area contributed by atoms with E-state index in [1.165, 1.54) is 22.7 Å². The molecule has 2 aromatic heterocycles. The van der Waals surface area contributed by atoms with Crippen molar-refractivity contribution >= 4 is 21.4 Å². The van der Waals surface area contributed by atoms with E-state index in [4.69, 9.17) is 5.73 Å². The predicted octanol–water partition coefficient (Wildman–Crippen LogP) is 1.06. The molecular formula is C11H16N4O2S2. The summed E-state index contributed by atoms with van der Waals surface area (Å²) >= 11 is 1.54. The lowest BCUT2D eigenvalue weighted by molar-refractivity contribution is 0.463. The molecule has 0 spiro atoms.